The molecule has 3 fully saturated rings. The molecule has 1 spiro atoms. The van der Waals surface area contributed by atoms with Gasteiger partial charge in [0.1, 0.15) is 11.6 Å². The minimum absolute atomic E-state index is 0.0400. The van der Waals surface area contributed by atoms with E-state index in [1.165, 1.54) is 0 Å². The predicted octanol–water partition coefficient (Wildman–Crippen LogP) is 3.61. The van der Waals surface area contributed by atoms with Crippen LogP contribution in [0.3, 0.4) is 0 Å². The van der Waals surface area contributed by atoms with Crippen molar-refractivity contribution >= 4 is 11.8 Å². The SMILES string of the molecule is O=C(NC1CCCC1)[C@H]1N(CCc2ccccc2)C(=O)[C@H]2[C@@H](c3ccccc3)[C@H]3C=C[C@@]21O3. The zero-order valence-electron chi connectivity index (χ0n) is 18.7. The normalized spacial score (nSPS) is 32.5. The molecule has 1 N–H and O–H groups in total. The number of rotatable bonds is 6. The molecule has 2 amide bonds. The summed E-state index contributed by atoms with van der Waals surface area (Å²) < 4.78 is 6.57. The number of nitrogens with zero attached hydrogens (tertiary/aromatic N) is 1. The third-order valence-corrected chi connectivity index (χ3v) is 7.99. The second kappa shape index (κ2) is 8.14. The molecular weight excluding hydrogens is 412 g/mol. The van der Waals surface area contributed by atoms with Crippen LogP contribution in [-0.2, 0) is 20.7 Å². The van der Waals surface area contributed by atoms with Crippen LogP contribution in [0, 0.1) is 5.92 Å². The lowest BCUT2D eigenvalue weighted by molar-refractivity contribution is -0.139. The summed E-state index contributed by atoms with van der Waals surface area (Å²) in [5, 5.41) is 3.27. The number of carbonyl (C=O) groups excluding carboxylic acids is 2. The van der Waals surface area contributed by atoms with Crippen molar-refractivity contribution in [1.82, 2.24) is 10.2 Å². The van der Waals surface area contributed by atoms with Crippen LogP contribution in [0.1, 0.15) is 42.7 Å². The average Bonchev–Trinajstić information content (AvgIpc) is 3.61. The van der Waals surface area contributed by atoms with Gasteiger partial charge in [-0.1, -0.05) is 85.7 Å². The molecule has 0 aromatic heterocycles. The zero-order valence-corrected chi connectivity index (χ0v) is 18.7. The van der Waals surface area contributed by atoms with Gasteiger partial charge < -0.3 is 15.0 Å². The first-order chi connectivity index (χ1) is 16.2. The molecule has 33 heavy (non-hydrogen) atoms. The van der Waals surface area contributed by atoms with E-state index in [4.69, 9.17) is 4.74 Å². The smallest absolute Gasteiger partial charge is 0.246 e. The fraction of sp³-hybridized carbons (Fsp3) is 0.429. The summed E-state index contributed by atoms with van der Waals surface area (Å²) in [7, 11) is 0. The first kappa shape index (κ1) is 20.7. The molecule has 2 aromatic carbocycles. The monoisotopic (exact) mass is 442 g/mol. The lowest BCUT2D eigenvalue weighted by Crippen LogP contribution is -2.56. The fourth-order valence-electron chi connectivity index (χ4n) is 6.51. The molecule has 0 radical (unpaired) electrons. The second-order valence-electron chi connectivity index (χ2n) is 9.87. The van der Waals surface area contributed by atoms with E-state index in [0.29, 0.717) is 13.0 Å². The number of benzene rings is 2. The molecule has 3 aliphatic heterocycles. The quantitative estimate of drug-likeness (QED) is 0.696. The van der Waals surface area contributed by atoms with Gasteiger partial charge in [-0.05, 0) is 30.4 Å². The number of likely N-dealkylation sites (tertiary alicyclic amines) is 1. The number of carbonyl (C=O) groups is 2. The van der Waals surface area contributed by atoms with Crippen molar-refractivity contribution in [3.63, 3.8) is 0 Å². The number of hydrogen-bond donors (Lipinski definition) is 1. The van der Waals surface area contributed by atoms with Gasteiger partial charge in [-0.3, -0.25) is 9.59 Å². The van der Waals surface area contributed by atoms with E-state index in [-0.39, 0.29) is 35.8 Å². The van der Waals surface area contributed by atoms with E-state index in [2.05, 4.69) is 35.7 Å². The molecule has 5 nitrogen and oxygen atoms in total. The highest BCUT2D eigenvalue weighted by molar-refractivity contribution is 5.97. The highest BCUT2D eigenvalue weighted by Gasteiger charge is 2.71. The van der Waals surface area contributed by atoms with E-state index < -0.39 is 11.6 Å². The Hall–Kier alpha value is -2.92. The van der Waals surface area contributed by atoms with E-state index in [0.717, 1.165) is 36.8 Å². The number of amides is 2. The molecule has 0 unspecified atom stereocenters. The number of ether oxygens (including phenoxy) is 1. The standard InChI is InChI=1S/C28H30N2O3/c31-26(29-21-13-7-8-14-21)25-28-17-15-22(33-28)23(20-11-5-2-6-12-20)24(28)27(32)30(25)18-16-19-9-3-1-4-10-19/h1-6,9-12,15,17,21-25H,7-8,13-14,16,18H2,(H,29,31)/t22-,23+,24-,25-,28-/m1/s1. The first-order valence-electron chi connectivity index (χ1n) is 12.2. The van der Waals surface area contributed by atoms with Crippen LogP contribution in [-0.4, -0.2) is 47.0 Å². The minimum atomic E-state index is -0.887. The Balaban J connectivity index is 1.35. The van der Waals surface area contributed by atoms with Gasteiger partial charge in [0.05, 0.1) is 12.0 Å². The second-order valence-corrected chi connectivity index (χ2v) is 9.87. The molecule has 2 aromatic rings. The van der Waals surface area contributed by atoms with Crippen molar-refractivity contribution in [2.45, 2.75) is 61.8 Å². The van der Waals surface area contributed by atoms with Crippen molar-refractivity contribution in [3.8, 4) is 0 Å². The van der Waals surface area contributed by atoms with Gasteiger partial charge >= 0.3 is 0 Å². The summed E-state index contributed by atoms with van der Waals surface area (Å²) in [6, 6.07) is 19.9. The van der Waals surface area contributed by atoms with Crippen LogP contribution < -0.4 is 5.32 Å². The van der Waals surface area contributed by atoms with E-state index in [1.807, 2.05) is 47.4 Å². The number of fused-ring (bicyclic) bond motifs is 1. The summed E-state index contributed by atoms with van der Waals surface area (Å²) >= 11 is 0. The molecule has 1 saturated carbocycles. The summed E-state index contributed by atoms with van der Waals surface area (Å²) in [6.07, 6.45) is 8.95. The third kappa shape index (κ3) is 3.33. The van der Waals surface area contributed by atoms with Crippen molar-refractivity contribution in [1.29, 1.82) is 0 Å². The van der Waals surface area contributed by atoms with Crippen LogP contribution in [0.4, 0.5) is 0 Å². The molecular formula is C28H30N2O3. The molecule has 3 heterocycles. The molecule has 6 rings (SSSR count). The van der Waals surface area contributed by atoms with Crippen LogP contribution in [0.2, 0.25) is 0 Å². The van der Waals surface area contributed by atoms with Gasteiger partial charge in [0.15, 0.2) is 0 Å². The summed E-state index contributed by atoms with van der Waals surface area (Å²) in [5.41, 5.74) is 1.38. The molecule has 4 aliphatic rings. The lowest BCUT2D eigenvalue weighted by atomic mass is 9.72. The van der Waals surface area contributed by atoms with Gasteiger partial charge in [0, 0.05) is 18.5 Å². The van der Waals surface area contributed by atoms with Gasteiger partial charge in [-0.2, -0.15) is 0 Å². The molecule has 170 valence electrons. The largest absolute Gasteiger partial charge is 0.359 e. The third-order valence-electron chi connectivity index (χ3n) is 7.99. The van der Waals surface area contributed by atoms with E-state index >= 15 is 0 Å². The van der Waals surface area contributed by atoms with Gasteiger partial charge in [-0.25, -0.2) is 0 Å². The van der Waals surface area contributed by atoms with Gasteiger partial charge in [-0.15, -0.1) is 0 Å². The highest BCUT2D eigenvalue weighted by Crippen LogP contribution is 2.58. The number of nitrogens with one attached hydrogen (secondary N) is 1. The maximum atomic E-state index is 14.0. The summed E-state index contributed by atoms with van der Waals surface area (Å²) in [5.74, 6) is -0.458. The molecule has 1 aliphatic carbocycles. The van der Waals surface area contributed by atoms with Crippen molar-refractivity contribution in [2.75, 3.05) is 6.54 Å². The average molecular weight is 443 g/mol. The zero-order chi connectivity index (χ0) is 22.4. The molecule has 2 bridgehead atoms. The predicted molar refractivity (Wildman–Crippen MR) is 125 cm³/mol. The maximum absolute atomic E-state index is 14.0. The van der Waals surface area contributed by atoms with Crippen LogP contribution in [0.5, 0.6) is 0 Å². The molecule has 5 heteroatoms. The Labute approximate surface area is 194 Å². The van der Waals surface area contributed by atoms with Crippen molar-refractivity contribution < 1.29 is 14.3 Å². The first-order valence-corrected chi connectivity index (χ1v) is 12.2. The Bertz CT molecular complexity index is 1060. The maximum Gasteiger partial charge on any atom is 0.246 e. The molecule has 2 saturated heterocycles. The topological polar surface area (TPSA) is 58.6 Å². The minimum Gasteiger partial charge on any atom is -0.359 e. The van der Waals surface area contributed by atoms with Crippen molar-refractivity contribution in [2.24, 2.45) is 5.92 Å². The van der Waals surface area contributed by atoms with Gasteiger partial charge in [0.2, 0.25) is 11.8 Å². The molecule has 5 atom stereocenters. The van der Waals surface area contributed by atoms with E-state index in [1.54, 1.807) is 0 Å². The van der Waals surface area contributed by atoms with Crippen LogP contribution in [0.15, 0.2) is 72.8 Å². The Kier molecular flexibility index (Phi) is 5.10. The van der Waals surface area contributed by atoms with Gasteiger partial charge in [0.25, 0.3) is 0 Å². The highest BCUT2D eigenvalue weighted by atomic mass is 16.5. The Morgan fingerprint density at radius 2 is 1.73 bits per heavy atom. The van der Waals surface area contributed by atoms with E-state index in [9.17, 15) is 9.59 Å². The Morgan fingerprint density at radius 1 is 1.03 bits per heavy atom. The summed E-state index contributed by atoms with van der Waals surface area (Å²) in [4.78, 5) is 29.5. The van der Waals surface area contributed by atoms with Crippen LogP contribution >= 0.6 is 0 Å². The fourth-order valence-corrected chi connectivity index (χ4v) is 6.51. The lowest BCUT2D eigenvalue weighted by Gasteiger charge is -2.33. The van der Waals surface area contributed by atoms with Crippen molar-refractivity contribution in [3.05, 3.63) is 83.9 Å². The Morgan fingerprint density at radius 3 is 2.45 bits per heavy atom. The van der Waals surface area contributed by atoms with Crippen LogP contribution in [0.25, 0.3) is 0 Å². The number of hydrogen-bond acceptors (Lipinski definition) is 3. The summed E-state index contributed by atoms with van der Waals surface area (Å²) in [6.45, 7) is 0.507.